The van der Waals surface area contributed by atoms with Gasteiger partial charge in [0.1, 0.15) is 5.75 Å². The fraction of sp³-hybridized carbons (Fsp3) is 0.381. The number of hydrogen-bond acceptors (Lipinski definition) is 6. The predicted octanol–water partition coefficient (Wildman–Crippen LogP) is 2.74. The Labute approximate surface area is 187 Å². The minimum absolute atomic E-state index is 0.0506. The number of benzene rings is 2. The first kappa shape index (κ1) is 25.3. The summed E-state index contributed by atoms with van der Waals surface area (Å²) in [5.74, 6) is -0.196. The lowest BCUT2D eigenvalue weighted by Crippen LogP contribution is -2.31. The van der Waals surface area contributed by atoms with E-state index in [-0.39, 0.29) is 23.1 Å². The van der Waals surface area contributed by atoms with Gasteiger partial charge in [-0.2, -0.15) is 8.78 Å². The van der Waals surface area contributed by atoms with Crippen LogP contribution in [0.25, 0.3) is 0 Å². The molecule has 0 radical (unpaired) electrons. The highest BCUT2D eigenvalue weighted by atomic mass is 32.2. The topological polar surface area (TPSA) is 99.8 Å². The van der Waals surface area contributed by atoms with E-state index in [1.54, 1.807) is 18.2 Å². The quantitative estimate of drug-likeness (QED) is 0.441. The predicted molar refractivity (Wildman–Crippen MR) is 120 cm³/mol. The molecule has 0 saturated carbocycles. The lowest BCUT2D eigenvalue weighted by Gasteiger charge is -2.17. The molecule has 2 aromatic rings. The third-order valence-corrected chi connectivity index (χ3v) is 6.27. The summed E-state index contributed by atoms with van der Waals surface area (Å²) in [5, 5.41) is 8.87. The van der Waals surface area contributed by atoms with Crippen LogP contribution < -0.4 is 20.7 Å². The van der Waals surface area contributed by atoms with Gasteiger partial charge in [0.15, 0.2) is 0 Å². The van der Waals surface area contributed by atoms with Crippen LogP contribution in [0.3, 0.4) is 0 Å². The van der Waals surface area contributed by atoms with E-state index in [9.17, 15) is 22.0 Å². The maximum absolute atomic E-state index is 12.4. The van der Waals surface area contributed by atoms with Gasteiger partial charge in [-0.1, -0.05) is 12.1 Å². The first-order chi connectivity index (χ1) is 15.1. The molecule has 0 spiro atoms. The molecule has 0 heterocycles. The third-order valence-electron chi connectivity index (χ3n) is 4.46. The van der Waals surface area contributed by atoms with Gasteiger partial charge in [-0.05, 0) is 49.2 Å². The zero-order valence-corrected chi connectivity index (χ0v) is 19.0. The molecule has 0 aromatic heterocycles. The Balaban J connectivity index is 1.92. The van der Waals surface area contributed by atoms with Crippen molar-refractivity contribution in [2.24, 2.45) is 0 Å². The molecule has 1 amide bonds. The second-order valence-corrected chi connectivity index (χ2v) is 9.15. The van der Waals surface area contributed by atoms with Crippen molar-refractivity contribution in [3.05, 3.63) is 48.0 Å². The summed E-state index contributed by atoms with van der Waals surface area (Å²) in [6.45, 7) is -0.0330. The molecular formula is C21H28F2N4O4S. The van der Waals surface area contributed by atoms with E-state index < -0.39 is 16.6 Å². The van der Waals surface area contributed by atoms with Crippen molar-refractivity contribution < 1.29 is 26.7 Å². The minimum Gasteiger partial charge on any atom is -0.435 e. The van der Waals surface area contributed by atoms with E-state index in [1.165, 1.54) is 38.4 Å². The molecule has 8 nitrogen and oxygen atoms in total. The molecule has 2 rings (SSSR count). The zero-order chi connectivity index (χ0) is 23.7. The number of hydrogen-bond donors (Lipinski definition) is 3. The van der Waals surface area contributed by atoms with Crippen LogP contribution in [0.1, 0.15) is 12.5 Å². The van der Waals surface area contributed by atoms with Gasteiger partial charge in [-0.15, -0.1) is 0 Å². The summed E-state index contributed by atoms with van der Waals surface area (Å²) in [7, 11) is -0.706. The van der Waals surface area contributed by atoms with Crippen molar-refractivity contribution in [2.45, 2.75) is 24.9 Å². The molecule has 0 unspecified atom stereocenters. The van der Waals surface area contributed by atoms with Crippen molar-refractivity contribution in [3.63, 3.8) is 0 Å². The number of amides is 1. The average molecular weight is 471 g/mol. The molecule has 0 bridgehead atoms. The SMILES string of the molecule is CCNc1ccc(S(=O)(=O)N(C)C)cc1NCC(=O)NCCc1ccc(OC(F)F)cc1. The number of nitrogens with zero attached hydrogens (tertiary/aromatic N) is 1. The zero-order valence-electron chi connectivity index (χ0n) is 18.2. The summed E-state index contributed by atoms with van der Waals surface area (Å²) in [6.07, 6.45) is 0.514. The molecular weight excluding hydrogens is 442 g/mol. The Morgan fingerprint density at radius 1 is 1.06 bits per heavy atom. The maximum Gasteiger partial charge on any atom is 0.387 e. The molecule has 0 fully saturated rings. The molecule has 0 atom stereocenters. The smallest absolute Gasteiger partial charge is 0.387 e. The van der Waals surface area contributed by atoms with Crippen molar-refractivity contribution in [1.82, 2.24) is 9.62 Å². The first-order valence-corrected chi connectivity index (χ1v) is 11.4. The van der Waals surface area contributed by atoms with Crippen LogP contribution >= 0.6 is 0 Å². The van der Waals surface area contributed by atoms with Crippen LogP contribution in [0.5, 0.6) is 5.75 Å². The number of sulfonamides is 1. The van der Waals surface area contributed by atoms with Crippen LogP contribution in [-0.4, -0.2) is 59.0 Å². The van der Waals surface area contributed by atoms with Crippen LogP contribution in [0, 0.1) is 0 Å². The highest BCUT2D eigenvalue weighted by Crippen LogP contribution is 2.26. The molecule has 0 aliphatic rings. The van der Waals surface area contributed by atoms with Gasteiger partial charge in [0, 0.05) is 27.2 Å². The number of carbonyl (C=O) groups excluding carboxylic acids is 1. The fourth-order valence-electron chi connectivity index (χ4n) is 2.81. The Morgan fingerprint density at radius 2 is 1.75 bits per heavy atom. The molecule has 32 heavy (non-hydrogen) atoms. The fourth-order valence-corrected chi connectivity index (χ4v) is 3.74. The Hall–Kier alpha value is -2.92. The van der Waals surface area contributed by atoms with Gasteiger partial charge in [-0.3, -0.25) is 4.79 Å². The number of anilines is 2. The standard InChI is InChI=1S/C21H28F2N4O4S/c1-4-24-18-10-9-17(32(29,30)27(2)3)13-19(18)26-14-20(28)25-12-11-15-5-7-16(8-6-15)31-21(22)23/h5-10,13,21,24,26H,4,11-12,14H2,1-3H3,(H,25,28). The molecule has 0 aliphatic carbocycles. The Morgan fingerprint density at radius 3 is 2.34 bits per heavy atom. The van der Waals surface area contributed by atoms with E-state index >= 15 is 0 Å². The second-order valence-electron chi connectivity index (χ2n) is 7.00. The van der Waals surface area contributed by atoms with Crippen molar-refractivity contribution in [1.29, 1.82) is 0 Å². The highest BCUT2D eigenvalue weighted by molar-refractivity contribution is 7.89. The van der Waals surface area contributed by atoms with E-state index in [0.29, 0.717) is 30.9 Å². The number of alkyl halides is 2. The van der Waals surface area contributed by atoms with E-state index in [0.717, 1.165) is 9.87 Å². The van der Waals surface area contributed by atoms with Gasteiger partial charge in [0.25, 0.3) is 0 Å². The third kappa shape index (κ3) is 7.34. The van der Waals surface area contributed by atoms with Crippen molar-refractivity contribution in [2.75, 3.05) is 44.4 Å². The largest absolute Gasteiger partial charge is 0.435 e. The summed E-state index contributed by atoms with van der Waals surface area (Å²) < 4.78 is 54.6. The van der Waals surface area contributed by atoms with E-state index in [4.69, 9.17) is 0 Å². The average Bonchev–Trinajstić information content (AvgIpc) is 2.74. The molecule has 176 valence electrons. The van der Waals surface area contributed by atoms with Crippen LogP contribution in [0.4, 0.5) is 20.2 Å². The van der Waals surface area contributed by atoms with Gasteiger partial charge in [0.05, 0.1) is 22.8 Å². The second kappa shape index (κ2) is 11.6. The number of ether oxygens (including phenoxy) is 1. The summed E-state index contributed by atoms with van der Waals surface area (Å²) in [5.41, 5.74) is 2.04. The summed E-state index contributed by atoms with van der Waals surface area (Å²) >= 11 is 0. The first-order valence-electron chi connectivity index (χ1n) is 9.98. The van der Waals surface area contributed by atoms with E-state index in [2.05, 4.69) is 20.7 Å². The van der Waals surface area contributed by atoms with Gasteiger partial charge in [0.2, 0.25) is 15.9 Å². The van der Waals surface area contributed by atoms with Gasteiger partial charge in [-0.25, -0.2) is 12.7 Å². The lowest BCUT2D eigenvalue weighted by molar-refractivity contribution is -0.119. The molecule has 0 aliphatic heterocycles. The van der Waals surface area contributed by atoms with Crippen LogP contribution in [-0.2, 0) is 21.2 Å². The van der Waals surface area contributed by atoms with Crippen LogP contribution in [0.2, 0.25) is 0 Å². The monoisotopic (exact) mass is 470 g/mol. The maximum atomic E-state index is 12.4. The molecule has 11 heteroatoms. The Bertz CT molecular complexity index is 999. The lowest BCUT2D eigenvalue weighted by atomic mass is 10.1. The Kier molecular flexibility index (Phi) is 9.21. The normalized spacial score (nSPS) is 11.5. The number of nitrogens with one attached hydrogen (secondary N) is 3. The van der Waals surface area contributed by atoms with Crippen LogP contribution in [0.15, 0.2) is 47.4 Å². The minimum atomic E-state index is -3.61. The molecule has 2 aromatic carbocycles. The number of rotatable bonds is 12. The summed E-state index contributed by atoms with van der Waals surface area (Å²) in [6, 6.07) is 10.9. The van der Waals surface area contributed by atoms with Crippen molar-refractivity contribution in [3.8, 4) is 5.75 Å². The number of halogens is 2. The van der Waals surface area contributed by atoms with Gasteiger partial charge >= 0.3 is 6.61 Å². The van der Waals surface area contributed by atoms with Gasteiger partial charge < -0.3 is 20.7 Å². The van der Waals surface area contributed by atoms with Crippen molar-refractivity contribution >= 4 is 27.3 Å². The summed E-state index contributed by atoms with van der Waals surface area (Å²) in [4.78, 5) is 12.3. The highest BCUT2D eigenvalue weighted by Gasteiger charge is 2.19. The molecule has 3 N–H and O–H groups in total. The number of carbonyl (C=O) groups is 1. The molecule has 0 saturated heterocycles. The van der Waals surface area contributed by atoms with E-state index in [1.807, 2.05) is 6.92 Å².